The molecule has 0 spiro atoms. The maximum Gasteiger partial charge on any atom is 0.417 e. The standard InChI is InChI=1S/C19H19F3N4O5S/c20-19(21,22)13-7-11(26-5-6-31-17(26)28)1-2-15(13)32(29,30)12-8-14(24-9-12)16(27)25-18(10-23)3-4-18/h1-2,7,12,14,24H,3-6,8-9H2,(H,25,27). The SMILES string of the molecule is N#CC1(NC(=O)C2CC(S(=O)(=O)c3ccc(N4CCOC4=O)cc3C(F)(F)F)CN2)CC1. The number of alkyl halides is 3. The van der Waals surface area contributed by atoms with E-state index in [4.69, 9.17) is 10.00 Å². The number of hydrogen-bond donors (Lipinski definition) is 2. The van der Waals surface area contributed by atoms with Crippen LogP contribution in [0.3, 0.4) is 0 Å². The first-order valence-corrected chi connectivity index (χ1v) is 11.4. The molecule has 13 heteroatoms. The number of nitrogens with one attached hydrogen (secondary N) is 2. The Bertz CT molecular complexity index is 1110. The van der Waals surface area contributed by atoms with Crippen LogP contribution in [0.5, 0.6) is 0 Å². The molecule has 0 aromatic heterocycles. The van der Waals surface area contributed by atoms with Crippen molar-refractivity contribution in [1.29, 1.82) is 5.26 Å². The summed E-state index contributed by atoms with van der Waals surface area (Å²) in [7, 11) is -4.47. The van der Waals surface area contributed by atoms with Gasteiger partial charge in [-0.05, 0) is 37.5 Å². The highest BCUT2D eigenvalue weighted by molar-refractivity contribution is 7.92. The summed E-state index contributed by atoms with van der Waals surface area (Å²) in [5.74, 6) is -0.555. The molecule has 4 rings (SSSR count). The molecule has 32 heavy (non-hydrogen) atoms. The monoisotopic (exact) mass is 472 g/mol. The summed E-state index contributed by atoms with van der Waals surface area (Å²) in [6.07, 6.45) is -5.04. The van der Waals surface area contributed by atoms with Crippen LogP contribution in [0, 0.1) is 11.3 Å². The van der Waals surface area contributed by atoms with Gasteiger partial charge in [-0.25, -0.2) is 13.2 Å². The number of benzene rings is 1. The Hall–Kier alpha value is -2.85. The molecule has 2 aliphatic heterocycles. The topological polar surface area (TPSA) is 129 Å². The lowest BCUT2D eigenvalue weighted by Crippen LogP contribution is -2.45. The van der Waals surface area contributed by atoms with Crippen molar-refractivity contribution >= 4 is 27.5 Å². The molecule has 2 amide bonds. The van der Waals surface area contributed by atoms with Crippen LogP contribution in [0.25, 0.3) is 0 Å². The van der Waals surface area contributed by atoms with E-state index in [0.717, 1.165) is 17.0 Å². The van der Waals surface area contributed by atoms with Gasteiger partial charge in [0, 0.05) is 12.2 Å². The van der Waals surface area contributed by atoms with E-state index in [1.807, 2.05) is 6.07 Å². The normalized spacial score (nSPS) is 24.7. The fraction of sp³-hybridized carbons (Fsp3) is 0.526. The van der Waals surface area contributed by atoms with Crippen LogP contribution in [0.4, 0.5) is 23.7 Å². The molecule has 2 atom stereocenters. The Morgan fingerprint density at radius 1 is 1.34 bits per heavy atom. The number of nitrogens with zero attached hydrogens (tertiary/aromatic N) is 2. The van der Waals surface area contributed by atoms with E-state index in [-0.39, 0.29) is 31.8 Å². The summed E-state index contributed by atoms with van der Waals surface area (Å²) >= 11 is 0. The van der Waals surface area contributed by atoms with Crippen molar-refractivity contribution in [3.8, 4) is 6.07 Å². The number of anilines is 1. The summed E-state index contributed by atoms with van der Waals surface area (Å²) in [4.78, 5) is 24.1. The molecule has 2 unspecified atom stereocenters. The summed E-state index contributed by atoms with van der Waals surface area (Å²) < 4.78 is 72.2. The summed E-state index contributed by atoms with van der Waals surface area (Å²) in [5, 5.41) is 13.1. The molecule has 1 saturated carbocycles. The smallest absolute Gasteiger partial charge is 0.417 e. The van der Waals surface area contributed by atoms with Crippen molar-refractivity contribution in [2.75, 3.05) is 24.6 Å². The molecule has 2 N–H and O–H groups in total. The fourth-order valence-corrected chi connectivity index (χ4v) is 5.67. The van der Waals surface area contributed by atoms with Crippen molar-refractivity contribution < 1.29 is 35.9 Å². The number of ether oxygens (including phenoxy) is 1. The van der Waals surface area contributed by atoms with E-state index in [9.17, 15) is 31.2 Å². The first kappa shape index (κ1) is 22.3. The van der Waals surface area contributed by atoms with E-state index in [1.165, 1.54) is 0 Å². The second kappa shape index (κ2) is 7.63. The number of sulfone groups is 1. The van der Waals surface area contributed by atoms with Crippen LogP contribution >= 0.6 is 0 Å². The van der Waals surface area contributed by atoms with Crippen LogP contribution in [0.2, 0.25) is 0 Å². The van der Waals surface area contributed by atoms with E-state index < -0.39 is 55.3 Å². The van der Waals surface area contributed by atoms with Crippen molar-refractivity contribution in [3.63, 3.8) is 0 Å². The highest BCUT2D eigenvalue weighted by Gasteiger charge is 2.48. The van der Waals surface area contributed by atoms with Gasteiger partial charge in [0.2, 0.25) is 5.91 Å². The molecule has 1 aromatic rings. The molecule has 9 nitrogen and oxygen atoms in total. The third kappa shape index (κ3) is 4.00. The molecule has 2 saturated heterocycles. The highest BCUT2D eigenvalue weighted by Crippen LogP contribution is 2.39. The van der Waals surface area contributed by atoms with Crippen LogP contribution in [-0.2, 0) is 25.5 Å². The Morgan fingerprint density at radius 2 is 2.06 bits per heavy atom. The molecule has 172 valence electrons. The number of cyclic esters (lactones) is 1. The van der Waals surface area contributed by atoms with Gasteiger partial charge >= 0.3 is 12.3 Å². The predicted octanol–water partition coefficient (Wildman–Crippen LogP) is 1.34. The van der Waals surface area contributed by atoms with Gasteiger partial charge < -0.3 is 15.4 Å². The van der Waals surface area contributed by atoms with Gasteiger partial charge in [0.05, 0.1) is 34.4 Å². The van der Waals surface area contributed by atoms with Gasteiger partial charge in [-0.1, -0.05) is 0 Å². The molecule has 0 bridgehead atoms. The molecular formula is C19H19F3N4O5S. The minimum Gasteiger partial charge on any atom is -0.447 e. The van der Waals surface area contributed by atoms with Crippen LogP contribution in [-0.4, -0.2) is 56.9 Å². The number of carbonyl (C=O) groups excluding carboxylic acids is 2. The lowest BCUT2D eigenvalue weighted by atomic mass is 10.2. The van der Waals surface area contributed by atoms with E-state index in [2.05, 4.69) is 10.6 Å². The zero-order valence-electron chi connectivity index (χ0n) is 16.6. The van der Waals surface area contributed by atoms with Crippen molar-refractivity contribution in [2.45, 2.75) is 47.2 Å². The predicted molar refractivity (Wildman–Crippen MR) is 103 cm³/mol. The van der Waals surface area contributed by atoms with Gasteiger partial charge in [0.1, 0.15) is 12.1 Å². The minimum absolute atomic E-state index is 0.0184. The number of hydrogen-bond acceptors (Lipinski definition) is 7. The van der Waals surface area contributed by atoms with Crippen molar-refractivity contribution in [2.24, 2.45) is 0 Å². The largest absolute Gasteiger partial charge is 0.447 e. The number of halogens is 3. The average molecular weight is 472 g/mol. The van der Waals surface area contributed by atoms with Crippen molar-refractivity contribution in [1.82, 2.24) is 10.6 Å². The summed E-state index contributed by atoms with van der Waals surface area (Å²) in [6, 6.07) is 3.64. The van der Waals surface area contributed by atoms with Gasteiger partial charge in [0.15, 0.2) is 9.84 Å². The third-order valence-electron chi connectivity index (χ3n) is 5.82. The summed E-state index contributed by atoms with van der Waals surface area (Å²) in [5.41, 5.74) is -2.44. The number of rotatable bonds is 5. The Labute approximate surface area is 181 Å². The van der Waals surface area contributed by atoms with Gasteiger partial charge in [-0.15, -0.1) is 0 Å². The first-order valence-electron chi connectivity index (χ1n) is 9.83. The Morgan fingerprint density at radius 3 is 2.62 bits per heavy atom. The Kier molecular flexibility index (Phi) is 5.33. The van der Waals surface area contributed by atoms with Crippen LogP contribution in [0.1, 0.15) is 24.8 Å². The second-order valence-electron chi connectivity index (χ2n) is 7.99. The Balaban J connectivity index is 1.59. The lowest BCUT2D eigenvalue weighted by molar-refractivity contribution is -0.139. The molecule has 0 radical (unpaired) electrons. The number of carbonyl (C=O) groups is 2. The molecule has 3 fully saturated rings. The minimum atomic E-state index is -4.99. The molecule has 3 aliphatic rings. The molecule has 1 aromatic carbocycles. The highest BCUT2D eigenvalue weighted by atomic mass is 32.2. The van der Waals surface area contributed by atoms with Crippen LogP contribution < -0.4 is 15.5 Å². The first-order chi connectivity index (χ1) is 15.0. The second-order valence-corrected chi connectivity index (χ2v) is 10.2. The lowest BCUT2D eigenvalue weighted by Gasteiger charge is -2.20. The quantitative estimate of drug-likeness (QED) is 0.662. The maximum atomic E-state index is 13.8. The van der Waals surface area contributed by atoms with Gasteiger partial charge in [-0.2, -0.15) is 18.4 Å². The third-order valence-corrected chi connectivity index (χ3v) is 8.03. The zero-order valence-corrected chi connectivity index (χ0v) is 17.4. The summed E-state index contributed by atoms with van der Waals surface area (Å²) in [6.45, 7) is -0.141. The van der Waals surface area contributed by atoms with E-state index in [1.54, 1.807) is 0 Å². The average Bonchev–Trinajstić information content (AvgIpc) is 3.13. The number of nitriles is 1. The number of amides is 2. The van der Waals surface area contributed by atoms with Crippen molar-refractivity contribution in [3.05, 3.63) is 23.8 Å². The van der Waals surface area contributed by atoms with Crippen LogP contribution in [0.15, 0.2) is 23.1 Å². The van der Waals surface area contributed by atoms with E-state index >= 15 is 0 Å². The zero-order chi connectivity index (χ0) is 23.3. The van der Waals surface area contributed by atoms with Gasteiger partial charge in [0.25, 0.3) is 0 Å². The molecular weight excluding hydrogens is 453 g/mol. The fourth-order valence-electron chi connectivity index (χ4n) is 3.82. The van der Waals surface area contributed by atoms with Gasteiger partial charge in [-0.3, -0.25) is 9.69 Å². The van der Waals surface area contributed by atoms with E-state index in [0.29, 0.717) is 18.9 Å². The maximum absolute atomic E-state index is 13.8. The molecule has 1 aliphatic carbocycles. The molecule has 2 heterocycles.